The van der Waals surface area contributed by atoms with E-state index in [0.717, 1.165) is 6.42 Å². The molecule has 0 unspecified atom stereocenters. The van der Waals surface area contributed by atoms with E-state index in [-0.39, 0.29) is 11.3 Å². The molecule has 0 fully saturated rings. The van der Waals surface area contributed by atoms with Crippen LogP contribution in [0.25, 0.3) is 0 Å². The van der Waals surface area contributed by atoms with Gasteiger partial charge in [0.15, 0.2) is 0 Å². The van der Waals surface area contributed by atoms with Gasteiger partial charge in [-0.2, -0.15) is 0 Å². The molecule has 1 amide bonds. The number of methoxy groups -OCH3 is 1. The van der Waals surface area contributed by atoms with E-state index in [1.165, 1.54) is 11.1 Å². The number of ether oxygens (including phenoxy) is 1. The van der Waals surface area contributed by atoms with Crippen molar-refractivity contribution < 1.29 is 9.53 Å². The lowest BCUT2D eigenvalue weighted by Crippen LogP contribution is -2.13. The second-order valence-electron chi connectivity index (χ2n) is 6.58. The van der Waals surface area contributed by atoms with Crippen molar-refractivity contribution in [1.29, 1.82) is 0 Å². The summed E-state index contributed by atoms with van der Waals surface area (Å²) in [5, 5.41) is 2.84. The Morgan fingerprint density at radius 1 is 1.13 bits per heavy atom. The minimum Gasteiger partial charge on any atom is -0.481 e. The van der Waals surface area contributed by atoms with Crippen LogP contribution in [0.1, 0.15) is 38.3 Å². The summed E-state index contributed by atoms with van der Waals surface area (Å²) < 4.78 is 4.99. The van der Waals surface area contributed by atoms with Gasteiger partial charge in [0.2, 0.25) is 11.8 Å². The Labute approximate surface area is 137 Å². The van der Waals surface area contributed by atoms with Crippen LogP contribution in [0, 0.1) is 0 Å². The number of anilines is 1. The van der Waals surface area contributed by atoms with E-state index >= 15 is 0 Å². The van der Waals surface area contributed by atoms with Gasteiger partial charge in [0, 0.05) is 12.5 Å². The van der Waals surface area contributed by atoms with Crippen molar-refractivity contribution in [3.8, 4) is 5.88 Å². The fourth-order valence-electron chi connectivity index (χ4n) is 2.23. The molecule has 0 bridgehead atoms. The molecular formula is C19H24N2O2. The van der Waals surface area contributed by atoms with Crippen LogP contribution in [0.4, 0.5) is 5.69 Å². The molecule has 2 rings (SSSR count). The monoisotopic (exact) mass is 312 g/mol. The molecule has 0 aliphatic heterocycles. The zero-order valence-corrected chi connectivity index (χ0v) is 14.2. The summed E-state index contributed by atoms with van der Waals surface area (Å²) in [5.74, 6) is 0.513. The van der Waals surface area contributed by atoms with Crippen molar-refractivity contribution in [2.45, 2.75) is 39.0 Å². The van der Waals surface area contributed by atoms with Crippen LogP contribution < -0.4 is 10.1 Å². The van der Waals surface area contributed by atoms with Gasteiger partial charge in [0.25, 0.3) is 0 Å². The molecule has 1 aromatic carbocycles. The lowest BCUT2D eigenvalue weighted by molar-refractivity contribution is -0.116. The molecule has 2 aromatic rings. The predicted octanol–water partition coefficient (Wildman–Crippen LogP) is 3.96. The van der Waals surface area contributed by atoms with E-state index in [2.05, 4.69) is 55.3 Å². The number of nitrogens with zero attached hydrogens (tertiary/aromatic N) is 1. The second-order valence-corrected chi connectivity index (χ2v) is 6.58. The Kier molecular flexibility index (Phi) is 5.37. The van der Waals surface area contributed by atoms with Crippen molar-refractivity contribution in [2.24, 2.45) is 0 Å². The molecule has 0 radical (unpaired) electrons. The Morgan fingerprint density at radius 2 is 1.83 bits per heavy atom. The molecule has 1 N–H and O–H groups in total. The lowest BCUT2D eigenvalue weighted by atomic mass is 9.86. The van der Waals surface area contributed by atoms with E-state index in [1.54, 1.807) is 25.4 Å². The van der Waals surface area contributed by atoms with E-state index in [0.29, 0.717) is 18.0 Å². The summed E-state index contributed by atoms with van der Waals surface area (Å²) >= 11 is 0. The van der Waals surface area contributed by atoms with Crippen molar-refractivity contribution in [3.05, 3.63) is 53.7 Å². The summed E-state index contributed by atoms with van der Waals surface area (Å²) in [5.41, 5.74) is 3.30. The topological polar surface area (TPSA) is 51.2 Å². The number of benzene rings is 1. The fraction of sp³-hybridized carbons (Fsp3) is 0.368. The Bertz CT molecular complexity index is 641. The molecule has 0 aliphatic carbocycles. The number of pyridine rings is 1. The van der Waals surface area contributed by atoms with Gasteiger partial charge < -0.3 is 10.1 Å². The van der Waals surface area contributed by atoms with E-state index < -0.39 is 0 Å². The van der Waals surface area contributed by atoms with Gasteiger partial charge in [0.1, 0.15) is 0 Å². The van der Waals surface area contributed by atoms with Gasteiger partial charge in [-0.05, 0) is 29.0 Å². The molecule has 122 valence electrons. The molecule has 0 aliphatic rings. The van der Waals surface area contributed by atoms with E-state index in [9.17, 15) is 4.79 Å². The minimum atomic E-state index is -0.0168. The molecule has 0 saturated carbocycles. The van der Waals surface area contributed by atoms with Crippen LogP contribution in [0.3, 0.4) is 0 Å². The maximum Gasteiger partial charge on any atom is 0.224 e. The zero-order valence-electron chi connectivity index (χ0n) is 14.2. The van der Waals surface area contributed by atoms with Crippen LogP contribution in [-0.4, -0.2) is 18.0 Å². The first-order chi connectivity index (χ1) is 10.9. The number of nitrogens with one attached hydrogen (secondary N) is 1. The number of carbonyl (C=O) groups excluding carboxylic acids is 1. The number of rotatable bonds is 5. The molecular weight excluding hydrogens is 288 g/mol. The second kappa shape index (κ2) is 7.27. The maximum atomic E-state index is 12.0. The first kappa shape index (κ1) is 17.0. The van der Waals surface area contributed by atoms with Gasteiger partial charge in [0.05, 0.1) is 19.0 Å². The zero-order chi connectivity index (χ0) is 16.9. The van der Waals surface area contributed by atoms with Gasteiger partial charge in [-0.1, -0.05) is 45.0 Å². The lowest BCUT2D eigenvalue weighted by Gasteiger charge is -2.19. The van der Waals surface area contributed by atoms with Crippen LogP contribution in [0.2, 0.25) is 0 Å². The van der Waals surface area contributed by atoms with Crippen LogP contribution >= 0.6 is 0 Å². The average molecular weight is 312 g/mol. The van der Waals surface area contributed by atoms with Crippen LogP contribution in [0.5, 0.6) is 5.88 Å². The predicted molar refractivity (Wildman–Crippen MR) is 92.9 cm³/mol. The third-order valence-corrected chi connectivity index (χ3v) is 3.69. The first-order valence-corrected chi connectivity index (χ1v) is 7.78. The van der Waals surface area contributed by atoms with Crippen LogP contribution in [0.15, 0.2) is 42.6 Å². The number of carbonyl (C=O) groups is 1. The Hall–Kier alpha value is -2.36. The number of aryl methyl sites for hydroxylation is 1. The quantitative estimate of drug-likeness (QED) is 0.909. The van der Waals surface area contributed by atoms with Crippen molar-refractivity contribution in [3.63, 3.8) is 0 Å². The molecule has 4 heteroatoms. The minimum absolute atomic E-state index is 0.0168. The SMILES string of the molecule is COc1ccc(NC(=O)CCc2ccc(C(C)(C)C)cc2)cn1. The Morgan fingerprint density at radius 3 is 2.35 bits per heavy atom. The highest BCUT2D eigenvalue weighted by Gasteiger charge is 2.13. The highest BCUT2D eigenvalue weighted by molar-refractivity contribution is 5.90. The summed E-state index contributed by atoms with van der Waals surface area (Å²) in [6.07, 6.45) is 2.76. The Balaban J connectivity index is 1.86. The molecule has 23 heavy (non-hydrogen) atoms. The highest BCUT2D eigenvalue weighted by atomic mass is 16.5. The molecule has 0 spiro atoms. The number of amides is 1. The third kappa shape index (κ3) is 5.09. The van der Waals surface area contributed by atoms with Crippen molar-refractivity contribution >= 4 is 11.6 Å². The van der Waals surface area contributed by atoms with Gasteiger partial charge in [-0.3, -0.25) is 4.79 Å². The number of aromatic nitrogens is 1. The van der Waals surface area contributed by atoms with Gasteiger partial charge in [-0.25, -0.2) is 4.98 Å². The maximum absolute atomic E-state index is 12.0. The number of hydrogen-bond acceptors (Lipinski definition) is 3. The molecule has 4 nitrogen and oxygen atoms in total. The van der Waals surface area contributed by atoms with Gasteiger partial charge >= 0.3 is 0 Å². The number of hydrogen-bond donors (Lipinski definition) is 1. The van der Waals surface area contributed by atoms with Crippen LogP contribution in [-0.2, 0) is 16.6 Å². The van der Waals surface area contributed by atoms with Crippen molar-refractivity contribution in [1.82, 2.24) is 4.98 Å². The largest absolute Gasteiger partial charge is 0.481 e. The highest BCUT2D eigenvalue weighted by Crippen LogP contribution is 2.22. The molecule has 0 saturated heterocycles. The van der Waals surface area contributed by atoms with Crippen molar-refractivity contribution in [2.75, 3.05) is 12.4 Å². The summed E-state index contributed by atoms with van der Waals surface area (Å²) in [6.45, 7) is 6.58. The standard InChI is InChI=1S/C19H24N2O2/c1-19(2,3)15-8-5-14(6-9-15)7-11-17(22)21-16-10-12-18(23-4)20-13-16/h5-6,8-10,12-13H,7,11H2,1-4H3,(H,21,22). The average Bonchev–Trinajstić information content (AvgIpc) is 2.53. The first-order valence-electron chi connectivity index (χ1n) is 7.78. The molecule has 1 heterocycles. The summed E-state index contributed by atoms with van der Waals surface area (Å²) in [4.78, 5) is 16.1. The van der Waals surface area contributed by atoms with Gasteiger partial charge in [-0.15, -0.1) is 0 Å². The van der Waals surface area contributed by atoms with E-state index in [4.69, 9.17) is 4.74 Å². The third-order valence-electron chi connectivity index (χ3n) is 3.69. The fourth-order valence-corrected chi connectivity index (χ4v) is 2.23. The summed E-state index contributed by atoms with van der Waals surface area (Å²) in [6, 6.07) is 12.0. The van der Waals surface area contributed by atoms with E-state index in [1.807, 2.05) is 0 Å². The molecule has 1 aromatic heterocycles. The normalized spacial score (nSPS) is 11.1. The summed E-state index contributed by atoms with van der Waals surface area (Å²) in [7, 11) is 1.56. The smallest absolute Gasteiger partial charge is 0.224 e. The molecule has 0 atom stereocenters.